The summed E-state index contributed by atoms with van der Waals surface area (Å²) < 4.78 is 32.6. The highest BCUT2D eigenvalue weighted by molar-refractivity contribution is 7.89. The third kappa shape index (κ3) is 3.44. The minimum absolute atomic E-state index is 0.0441. The van der Waals surface area contributed by atoms with Crippen LogP contribution in [0.15, 0.2) is 23.1 Å². The summed E-state index contributed by atoms with van der Waals surface area (Å²) in [7, 11) is -3.71. The molecule has 0 aliphatic carbocycles. The SMILES string of the molecule is CC1(CNS(=O)(=O)c2c(N)cccc2Cl)CCOCC1. The van der Waals surface area contributed by atoms with Crippen molar-refractivity contribution in [3.63, 3.8) is 0 Å². The van der Waals surface area contributed by atoms with E-state index in [1.165, 1.54) is 12.1 Å². The summed E-state index contributed by atoms with van der Waals surface area (Å²) in [5.41, 5.74) is 5.78. The molecule has 0 unspecified atom stereocenters. The maximum absolute atomic E-state index is 12.4. The number of hydrogen-bond acceptors (Lipinski definition) is 4. The normalized spacial score (nSPS) is 18.9. The maximum atomic E-state index is 12.4. The molecule has 0 aromatic heterocycles. The Kier molecular flexibility index (Phi) is 4.59. The van der Waals surface area contributed by atoms with Crippen LogP contribution < -0.4 is 10.5 Å². The predicted octanol–water partition coefficient (Wildman–Crippen LogP) is 2.02. The molecule has 3 N–H and O–H groups in total. The molecule has 1 saturated heterocycles. The van der Waals surface area contributed by atoms with E-state index >= 15 is 0 Å². The van der Waals surface area contributed by atoms with E-state index in [0.717, 1.165) is 12.8 Å². The van der Waals surface area contributed by atoms with Gasteiger partial charge in [-0.2, -0.15) is 0 Å². The van der Waals surface area contributed by atoms with Gasteiger partial charge in [-0.15, -0.1) is 0 Å². The molecule has 1 aromatic rings. The third-order valence-corrected chi connectivity index (χ3v) is 5.60. The zero-order valence-electron chi connectivity index (χ0n) is 11.4. The molecule has 112 valence electrons. The summed E-state index contributed by atoms with van der Waals surface area (Å²) in [5.74, 6) is 0. The molecule has 0 radical (unpaired) electrons. The molecule has 1 fully saturated rings. The van der Waals surface area contributed by atoms with E-state index in [1.54, 1.807) is 6.07 Å². The van der Waals surface area contributed by atoms with Crippen molar-refractivity contribution in [2.45, 2.75) is 24.7 Å². The van der Waals surface area contributed by atoms with Gasteiger partial charge in [0.1, 0.15) is 4.90 Å². The van der Waals surface area contributed by atoms with Gasteiger partial charge in [-0.25, -0.2) is 13.1 Å². The molecule has 0 bridgehead atoms. The van der Waals surface area contributed by atoms with E-state index in [1.807, 2.05) is 6.92 Å². The van der Waals surface area contributed by atoms with Gasteiger partial charge in [0.05, 0.1) is 10.7 Å². The van der Waals surface area contributed by atoms with Crippen molar-refractivity contribution in [3.05, 3.63) is 23.2 Å². The summed E-state index contributed by atoms with van der Waals surface area (Å²) in [6.45, 7) is 3.72. The van der Waals surface area contributed by atoms with Crippen LogP contribution in [-0.4, -0.2) is 28.2 Å². The van der Waals surface area contributed by atoms with Crippen molar-refractivity contribution in [2.24, 2.45) is 5.41 Å². The number of sulfonamides is 1. The summed E-state index contributed by atoms with van der Waals surface area (Å²) >= 11 is 5.95. The highest BCUT2D eigenvalue weighted by Crippen LogP contribution is 2.31. The molecule has 0 amide bonds. The first-order chi connectivity index (χ1) is 9.34. The predicted molar refractivity (Wildman–Crippen MR) is 79.2 cm³/mol. The molecular formula is C13H19ClN2O3S. The van der Waals surface area contributed by atoms with E-state index < -0.39 is 10.0 Å². The molecular weight excluding hydrogens is 300 g/mol. The van der Waals surface area contributed by atoms with E-state index in [2.05, 4.69) is 4.72 Å². The minimum Gasteiger partial charge on any atom is -0.398 e. The average Bonchev–Trinajstić information content (AvgIpc) is 2.37. The molecule has 1 heterocycles. The topological polar surface area (TPSA) is 81.4 Å². The molecule has 7 heteroatoms. The number of anilines is 1. The Bertz CT molecular complexity index is 563. The van der Waals surface area contributed by atoms with Crippen LogP contribution in [0.25, 0.3) is 0 Å². The van der Waals surface area contributed by atoms with E-state index in [-0.39, 0.29) is 21.0 Å². The fourth-order valence-electron chi connectivity index (χ4n) is 2.19. The fourth-order valence-corrected chi connectivity index (χ4v) is 4.06. The number of nitrogens with two attached hydrogens (primary N) is 1. The maximum Gasteiger partial charge on any atom is 0.244 e. The molecule has 0 atom stereocenters. The number of halogens is 1. The van der Waals surface area contributed by atoms with Crippen molar-refractivity contribution in [3.8, 4) is 0 Å². The molecule has 2 rings (SSSR count). The van der Waals surface area contributed by atoms with E-state index in [9.17, 15) is 8.42 Å². The van der Waals surface area contributed by atoms with E-state index in [0.29, 0.717) is 19.8 Å². The van der Waals surface area contributed by atoms with Gasteiger partial charge >= 0.3 is 0 Å². The second-order valence-electron chi connectivity index (χ2n) is 5.41. The standard InChI is InChI=1S/C13H19ClN2O3S/c1-13(5-7-19-8-6-13)9-16-20(17,18)12-10(14)3-2-4-11(12)15/h2-4,16H,5-9,15H2,1H3. The van der Waals surface area contributed by atoms with Crippen molar-refractivity contribution in [1.29, 1.82) is 0 Å². The summed E-state index contributed by atoms with van der Waals surface area (Å²) in [6.07, 6.45) is 1.65. The largest absolute Gasteiger partial charge is 0.398 e. The lowest BCUT2D eigenvalue weighted by Crippen LogP contribution is -2.39. The minimum atomic E-state index is -3.71. The summed E-state index contributed by atoms with van der Waals surface area (Å²) in [5, 5.41) is 0.134. The molecule has 20 heavy (non-hydrogen) atoms. The number of ether oxygens (including phenoxy) is 1. The van der Waals surface area contributed by atoms with Gasteiger partial charge in [0, 0.05) is 19.8 Å². The number of rotatable bonds is 4. The summed E-state index contributed by atoms with van der Waals surface area (Å²) in [4.78, 5) is -0.0441. The molecule has 0 saturated carbocycles. The van der Waals surface area contributed by atoms with Crippen LogP contribution >= 0.6 is 11.6 Å². The quantitative estimate of drug-likeness (QED) is 0.832. The van der Waals surface area contributed by atoms with Crippen LogP contribution in [-0.2, 0) is 14.8 Å². The van der Waals surface area contributed by atoms with Crippen LogP contribution in [0.4, 0.5) is 5.69 Å². The zero-order valence-corrected chi connectivity index (χ0v) is 12.9. The Hall–Kier alpha value is -0.820. The van der Waals surface area contributed by atoms with Crippen LogP contribution in [0, 0.1) is 5.41 Å². The van der Waals surface area contributed by atoms with Crippen LogP contribution in [0.5, 0.6) is 0 Å². The van der Waals surface area contributed by atoms with Crippen LogP contribution in [0.2, 0.25) is 5.02 Å². The molecule has 1 aliphatic heterocycles. The van der Waals surface area contributed by atoms with Crippen LogP contribution in [0.3, 0.4) is 0 Å². The Balaban J connectivity index is 2.15. The van der Waals surface area contributed by atoms with Gasteiger partial charge < -0.3 is 10.5 Å². The van der Waals surface area contributed by atoms with Crippen molar-refractivity contribution >= 4 is 27.3 Å². The average molecular weight is 319 g/mol. The Morgan fingerprint density at radius 3 is 2.65 bits per heavy atom. The first-order valence-electron chi connectivity index (χ1n) is 6.45. The Labute approximate surface area is 124 Å². The van der Waals surface area contributed by atoms with E-state index in [4.69, 9.17) is 22.1 Å². The molecule has 0 spiro atoms. The lowest BCUT2D eigenvalue weighted by Gasteiger charge is -2.33. The van der Waals surface area contributed by atoms with Crippen molar-refractivity contribution in [1.82, 2.24) is 4.72 Å². The number of nitrogens with one attached hydrogen (secondary N) is 1. The van der Waals surface area contributed by atoms with Gasteiger partial charge in [-0.3, -0.25) is 0 Å². The Morgan fingerprint density at radius 2 is 2.05 bits per heavy atom. The highest BCUT2D eigenvalue weighted by atomic mass is 35.5. The number of benzene rings is 1. The second-order valence-corrected chi connectivity index (χ2v) is 7.52. The van der Waals surface area contributed by atoms with Gasteiger partial charge in [-0.1, -0.05) is 24.6 Å². The highest BCUT2D eigenvalue weighted by Gasteiger charge is 2.30. The van der Waals surface area contributed by atoms with Gasteiger partial charge in [0.15, 0.2) is 0 Å². The smallest absolute Gasteiger partial charge is 0.244 e. The first kappa shape index (κ1) is 15.6. The van der Waals surface area contributed by atoms with Crippen molar-refractivity contribution in [2.75, 3.05) is 25.5 Å². The lowest BCUT2D eigenvalue weighted by molar-refractivity contribution is 0.0265. The third-order valence-electron chi connectivity index (χ3n) is 3.66. The zero-order chi connectivity index (χ0) is 14.8. The fraction of sp³-hybridized carbons (Fsp3) is 0.538. The van der Waals surface area contributed by atoms with Gasteiger partial charge in [0.2, 0.25) is 10.0 Å². The molecule has 5 nitrogen and oxygen atoms in total. The second kappa shape index (κ2) is 5.89. The number of nitrogen functional groups attached to an aromatic ring is 1. The van der Waals surface area contributed by atoms with Gasteiger partial charge in [0.25, 0.3) is 0 Å². The summed E-state index contributed by atoms with van der Waals surface area (Å²) in [6, 6.07) is 4.66. The van der Waals surface area contributed by atoms with Gasteiger partial charge in [-0.05, 0) is 30.4 Å². The lowest BCUT2D eigenvalue weighted by atomic mass is 9.83. The Morgan fingerprint density at radius 1 is 1.40 bits per heavy atom. The molecule has 1 aliphatic rings. The number of hydrogen-bond donors (Lipinski definition) is 2. The van der Waals surface area contributed by atoms with Crippen molar-refractivity contribution < 1.29 is 13.2 Å². The van der Waals surface area contributed by atoms with Crippen LogP contribution in [0.1, 0.15) is 19.8 Å². The monoisotopic (exact) mass is 318 g/mol. The first-order valence-corrected chi connectivity index (χ1v) is 8.32. The molecule has 1 aromatic carbocycles.